The van der Waals surface area contributed by atoms with Crippen LogP contribution in [0, 0.1) is 6.92 Å². The lowest BCUT2D eigenvalue weighted by Gasteiger charge is -2.16. The number of aromatic nitrogens is 1. The number of rotatable bonds is 6. The fourth-order valence-electron chi connectivity index (χ4n) is 1.46. The van der Waals surface area contributed by atoms with Crippen molar-refractivity contribution in [3.63, 3.8) is 0 Å². The van der Waals surface area contributed by atoms with Crippen molar-refractivity contribution in [3.05, 3.63) is 20.7 Å². The molecule has 6 nitrogen and oxygen atoms in total. The molecule has 100 valence electrons. The van der Waals surface area contributed by atoms with Crippen LogP contribution in [0.15, 0.2) is 10.2 Å². The summed E-state index contributed by atoms with van der Waals surface area (Å²) in [5.41, 5.74) is 0.839. The van der Waals surface area contributed by atoms with Crippen LogP contribution in [0.3, 0.4) is 0 Å². The fraction of sp³-hybridized carbons (Fsp3) is 0.545. The number of carbonyl (C=O) groups is 2. The molecule has 0 atom stereocenters. The van der Waals surface area contributed by atoms with Crippen LogP contribution < -0.4 is 4.87 Å². The fourth-order valence-corrected chi connectivity index (χ4v) is 2.22. The zero-order valence-corrected chi connectivity index (χ0v) is 11.2. The van der Waals surface area contributed by atoms with E-state index in [0.29, 0.717) is 6.54 Å². The number of aryl methyl sites for hydroxylation is 1. The van der Waals surface area contributed by atoms with E-state index in [4.69, 9.17) is 5.11 Å². The zero-order valence-electron chi connectivity index (χ0n) is 10.4. The van der Waals surface area contributed by atoms with Crippen molar-refractivity contribution < 1.29 is 14.7 Å². The largest absolute Gasteiger partial charge is 0.481 e. The molecule has 1 N–H and O–H groups in total. The number of carboxylic acid groups (broad SMARTS) is 1. The molecular weight excluding hydrogens is 256 g/mol. The first-order valence-corrected chi connectivity index (χ1v) is 6.40. The predicted octanol–water partition coefficient (Wildman–Crippen LogP) is 0.541. The lowest BCUT2D eigenvalue weighted by atomic mass is 10.3. The Hall–Kier alpha value is -1.63. The predicted molar refractivity (Wildman–Crippen MR) is 67.8 cm³/mol. The molecule has 0 spiro atoms. The number of aliphatic carboxylic acids is 1. The second kappa shape index (κ2) is 6.34. The van der Waals surface area contributed by atoms with Gasteiger partial charge in [-0.15, -0.1) is 0 Å². The molecule has 1 rings (SSSR count). The number of carbonyl (C=O) groups excluding carboxylic acids is 1. The number of hydrogen-bond donors (Lipinski definition) is 1. The van der Waals surface area contributed by atoms with E-state index in [1.165, 1.54) is 4.90 Å². The average Bonchev–Trinajstić information content (AvgIpc) is 2.63. The van der Waals surface area contributed by atoms with Gasteiger partial charge in [-0.1, -0.05) is 11.3 Å². The lowest BCUT2D eigenvalue weighted by molar-refractivity contribution is -0.138. The maximum absolute atomic E-state index is 11.7. The Morgan fingerprint density at radius 2 is 2.11 bits per heavy atom. The van der Waals surface area contributed by atoms with E-state index in [-0.39, 0.29) is 30.2 Å². The third-order valence-electron chi connectivity index (χ3n) is 2.61. The molecule has 0 unspecified atom stereocenters. The highest BCUT2D eigenvalue weighted by atomic mass is 32.1. The molecule has 0 aliphatic heterocycles. The van der Waals surface area contributed by atoms with Crippen molar-refractivity contribution in [3.8, 4) is 0 Å². The van der Waals surface area contributed by atoms with Crippen LogP contribution in [0.4, 0.5) is 0 Å². The van der Waals surface area contributed by atoms with Gasteiger partial charge in [0.25, 0.3) is 0 Å². The minimum atomic E-state index is -0.931. The molecule has 0 aliphatic rings. The van der Waals surface area contributed by atoms with Gasteiger partial charge in [0.1, 0.15) is 0 Å². The van der Waals surface area contributed by atoms with Crippen molar-refractivity contribution >= 4 is 23.2 Å². The normalized spacial score (nSPS) is 10.3. The third-order valence-corrected chi connectivity index (χ3v) is 3.49. The summed E-state index contributed by atoms with van der Waals surface area (Å²) in [4.78, 5) is 34.8. The second-order valence-corrected chi connectivity index (χ2v) is 4.82. The molecule has 7 heteroatoms. The maximum Gasteiger partial charge on any atom is 0.307 e. The summed E-state index contributed by atoms with van der Waals surface area (Å²) in [5.74, 6) is -1.09. The Labute approximate surface area is 108 Å². The van der Waals surface area contributed by atoms with Crippen molar-refractivity contribution in [2.75, 3.05) is 13.6 Å². The Morgan fingerprint density at radius 1 is 1.44 bits per heavy atom. The van der Waals surface area contributed by atoms with E-state index in [9.17, 15) is 14.4 Å². The summed E-state index contributed by atoms with van der Waals surface area (Å²) in [6.45, 7) is 2.34. The highest BCUT2D eigenvalue weighted by molar-refractivity contribution is 7.07. The maximum atomic E-state index is 11.7. The molecule has 0 bridgehead atoms. The van der Waals surface area contributed by atoms with E-state index in [0.717, 1.165) is 17.0 Å². The summed E-state index contributed by atoms with van der Waals surface area (Å²) in [6.07, 6.45) is 0.132. The van der Waals surface area contributed by atoms with Crippen molar-refractivity contribution in [1.82, 2.24) is 9.47 Å². The van der Waals surface area contributed by atoms with Gasteiger partial charge in [0.2, 0.25) is 5.91 Å². The smallest absolute Gasteiger partial charge is 0.307 e. The van der Waals surface area contributed by atoms with Gasteiger partial charge in [0.05, 0.1) is 6.42 Å². The summed E-state index contributed by atoms with van der Waals surface area (Å²) < 4.78 is 1.55. The number of carboxylic acids is 1. The summed E-state index contributed by atoms with van der Waals surface area (Å²) >= 11 is 1.11. The van der Waals surface area contributed by atoms with E-state index in [1.807, 2.05) is 6.92 Å². The zero-order chi connectivity index (χ0) is 13.7. The van der Waals surface area contributed by atoms with E-state index < -0.39 is 5.97 Å². The summed E-state index contributed by atoms with van der Waals surface area (Å²) in [5, 5.41) is 10.3. The Balaban J connectivity index is 2.46. The standard InChI is InChI=1S/C11H16N2O4S/c1-8-7-18-11(17)13(8)6-3-9(14)12(2)5-4-10(15)16/h7H,3-6H2,1-2H3,(H,15,16). The molecule has 1 heterocycles. The molecule has 1 amide bonds. The number of nitrogens with zero attached hydrogens (tertiary/aromatic N) is 2. The van der Waals surface area contributed by atoms with Gasteiger partial charge in [-0.05, 0) is 6.92 Å². The summed E-state index contributed by atoms with van der Waals surface area (Å²) in [7, 11) is 1.56. The molecule has 0 saturated heterocycles. The quantitative estimate of drug-likeness (QED) is 0.819. The van der Waals surface area contributed by atoms with Crippen molar-refractivity contribution in [2.45, 2.75) is 26.3 Å². The lowest BCUT2D eigenvalue weighted by Crippen LogP contribution is -2.30. The molecule has 18 heavy (non-hydrogen) atoms. The van der Waals surface area contributed by atoms with E-state index >= 15 is 0 Å². The second-order valence-electron chi connectivity index (χ2n) is 4.00. The SMILES string of the molecule is Cc1csc(=O)n1CCC(=O)N(C)CCC(=O)O. The molecule has 0 saturated carbocycles. The van der Waals surface area contributed by atoms with Crippen molar-refractivity contribution in [2.24, 2.45) is 0 Å². The molecule has 0 fully saturated rings. The first kappa shape index (κ1) is 14.4. The van der Waals surface area contributed by atoms with Crippen LogP contribution >= 0.6 is 11.3 Å². The van der Waals surface area contributed by atoms with E-state index in [2.05, 4.69) is 0 Å². The van der Waals surface area contributed by atoms with Gasteiger partial charge in [0, 0.05) is 37.6 Å². The van der Waals surface area contributed by atoms with E-state index in [1.54, 1.807) is 17.0 Å². The first-order valence-electron chi connectivity index (χ1n) is 5.52. The molecule has 1 aromatic rings. The van der Waals surface area contributed by atoms with Gasteiger partial charge in [-0.25, -0.2) is 0 Å². The highest BCUT2D eigenvalue weighted by Gasteiger charge is 2.11. The molecule has 0 aliphatic carbocycles. The molecule has 1 aromatic heterocycles. The van der Waals surface area contributed by atoms with Crippen LogP contribution in [-0.2, 0) is 16.1 Å². The van der Waals surface area contributed by atoms with Gasteiger partial charge in [-0.2, -0.15) is 0 Å². The topological polar surface area (TPSA) is 79.6 Å². The van der Waals surface area contributed by atoms with Crippen LogP contribution in [0.5, 0.6) is 0 Å². The van der Waals surface area contributed by atoms with Gasteiger partial charge < -0.3 is 14.6 Å². The Kier molecular flexibility index (Phi) is 5.08. The van der Waals surface area contributed by atoms with Crippen LogP contribution in [0.2, 0.25) is 0 Å². The first-order chi connectivity index (χ1) is 8.41. The monoisotopic (exact) mass is 272 g/mol. The minimum absolute atomic E-state index is 0.0698. The Morgan fingerprint density at radius 3 is 2.61 bits per heavy atom. The average molecular weight is 272 g/mol. The molecular formula is C11H16N2O4S. The van der Waals surface area contributed by atoms with Gasteiger partial charge in [0.15, 0.2) is 0 Å². The van der Waals surface area contributed by atoms with Crippen molar-refractivity contribution in [1.29, 1.82) is 0 Å². The number of thiazole rings is 1. The van der Waals surface area contributed by atoms with Gasteiger partial charge in [-0.3, -0.25) is 14.4 Å². The summed E-state index contributed by atoms with van der Waals surface area (Å²) in [6, 6.07) is 0. The molecule has 0 radical (unpaired) electrons. The van der Waals surface area contributed by atoms with Crippen LogP contribution in [0.1, 0.15) is 18.5 Å². The number of amides is 1. The molecule has 0 aromatic carbocycles. The third kappa shape index (κ3) is 3.99. The van der Waals surface area contributed by atoms with Crippen LogP contribution in [-0.4, -0.2) is 40.0 Å². The van der Waals surface area contributed by atoms with Gasteiger partial charge >= 0.3 is 10.8 Å². The Bertz CT molecular complexity index is 491. The minimum Gasteiger partial charge on any atom is -0.481 e. The highest BCUT2D eigenvalue weighted by Crippen LogP contribution is 2.02. The number of hydrogen-bond acceptors (Lipinski definition) is 4. The van der Waals surface area contributed by atoms with Crippen LogP contribution in [0.25, 0.3) is 0 Å².